The van der Waals surface area contributed by atoms with Crippen LogP contribution in [-0.4, -0.2) is 6.43 Å². The second kappa shape index (κ2) is 6.98. The van der Waals surface area contributed by atoms with Gasteiger partial charge in [0.1, 0.15) is 0 Å². The zero-order valence-corrected chi connectivity index (χ0v) is 10.6. The lowest BCUT2D eigenvalue weighted by Crippen LogP contribution is -2.01. The Morgan fingerprint density at radius 2 is 1.86 bits per heavy atom. The van der Waals surface area contributed by atoms with E-state index < -0.39 is 6.43 Å². The van der Waals surface area contributed by atoms with Crippen molar-refractivity contribution in [2.24, 2.45) is 0 Å². The van der Waals surface area contributed by atoms with E-state index in [-0.39, 0.29) is 5.57 Å². The van der Waals surface area contributed by atoms with Crippen LogP contribution in [0.4, 0.5) is 8.78 Å². The van der Waals surface area contributed by atoms with E-state index in [4.69, 9.17) is 0 Å². The fourth-order valence-electron chi connectivity index (χ4n) is 0.957. The van der Waals surface area contributed by atoms with Gasteiger partial charge in [0, 0.05) is 11.3 Å². The summed E-state index contributed by atoms with van der Waals surface area (Å²) in [5.74, 6) is 0. The van der Waals surface area contributed by atoms with Gasteiger partial charge in [-0.2, -0.15) is 0 Å². The van der Waals surface area contributed by atoms with Crippen LogP contribution in [0.5, 0.6) is 0 Å². The van der Waals surface area contributed by atoms with E-state index in [2.05, 4.69) is 3.53 Å². The first-order valence-electron chi connectivity index (χ1n) is 4.22. The van der Waals surface area contributed by atoms with Crippen LogP contribution in [-0.2, 0) is 0 Å². The molecular weight excluding hydrogens is 299 g/mol. The van der Waals surface area contributed by atoms with Crippen LogP contribution in [0.15, 0.2) is 35.1 Å². The lowest BCUT2D eigenvalue weighted by atomic mass is 10.1. The number of allylic oxidation sites excluding steroid dienone is 5. The molecule has 0 aromatic rings. The summed E-state index contributed by atoms with van der Waals surface area (Å²) in [4.78, 5) is 0. The standard InChI is InChI=1S/C10H14F2IN/c1-4-8(10(11)12)6-7(3)9(5-2)14-13/h4-6,10,14H,1-3H3/b7-6-,8-4-,9-5+. The molecule has 0 aliphatic rings. The molecule has 0 unspecified atom stereocenters. The van der Waals surface area contributed by atoms with Gasteiger partial charge in [0.05, 0.1) is 22.9 Å². The molecule has 0 radical (unpaired) electrons. The van der Waals surface area contributed by atoms with Crippen molar-refractivity contribution in [3.8, 4) is 0 Å². The normalized spacial score (nSPS) is 14.9. The second-order valence-corrected chi connectivity index (χ2v) is 3.25. The third-order valence-corrected chi connectivity index (χ3v) is 2.36. The highest BCUT2D eigenvalue weighted by Crippen LogP contribution is 2.16. The molecule has 0 saturated carbocycles. The maximum atomic E-state index is 12.4. The summed E-state index contributed by atoms with van der Waals surface area (Å²) in [5.41, 5.74) is 1.70. The van der Waals surface area contributed by atoms with Crippen LogP contribution in [0, 0.1) is 0 Å². The van der Waals surface area contributed by atoms with Gasteiger partial charge in [-0.1, -0.05) is 12.2 Å². The predicted molar refractivity (Wildman–Crippen MR) is 64.4 cm³/mol. The zero-order chi connectivity index (χ0) is 11.1. The number of rotatable bonds is 4. The molecule has 0 rings (SSSR count). The van der Waals surface area contributed by atoms with Crippen molar-refractivity contribution in [3.63, 3.8) is 0 Å². The molecule has 80 valence electrons. The first kappa shape index (κ1) is 13.6. The van der Waals surface area contributed by atoms with E-state index in [1.807, 2.05) is 35.9 Å². The molecule has 1 nitrogen and oxygen atoms in total. The van der Waals surface area contributed by atoms with Gasteiger partial charge < -0.3 is 3.53 Å². The number of halogens is 3. The van der Waals surface area contributed by atoms with Gasteiger partial charge >= 0.3 is 0 Å². The highest BCUT2D eigenvalue weighted by molar-refractivity contribution is 14.1. The van der Waals surface area contributed by atoms with Gasteiger partial charge in [-0.25, -0.2) is 8.78 Å². The number of alkyl halides is 2. The maximum absolute atomic E-state index is 12.4. The van der Waals surface area contributed by atoms with Gasteiger partial charge in [-0.3, -0.25) is 0 Å². The molecular formula is C10H14F2IN. The Morgan fingerprint density at radius 3 is 2.14 bits per heavy atom. The van der Waals surface area contributed by atoms with Crippen molar-refractivity contribution in [2.45, 2.75) is 27.2 Å². The Bertz CT molecular complexity index is 267. The van der Waals surface area contributed by atoms with E-state index in [0.29, 0.717) is 0 Å². The Kier molecular flexibility index (Phi) is 6.78. The fraction of sp³-hybridized carbons (Fsp3) is 0.400. The average molecular weight is 313 g/mol. The third-order valence-electron chi connectivity index (χ3n) is 1.78. The summed E-state index contributed by atoms with van der Waals surface area (Å²) in [5, 5.41) is 0. The van der Waals surface area contributed by atoms with Gasteiger partial charge in [-0.05, 0) is 32.4 Å². The Labute approximate surface area is 97.5 Å². The summed E-state index contributed by atoms with van der Waals surface area (Å²) in [6.45, 7) is 5.26. The van der Waals surface area contributed by atoms with Crippen LogP contribution in [0.1, 0.15) is 20.8 Å². The third kappa shape index (κ3) is 4.21. The number of hydrogen-bond donors (Lipinski definition) is 1. The number of hydrogen-bond acceptors (Lipinski definition) is 1. The molecule has 0 bridgehead atoms. The number of nitrogens with one attached hydrogen (secondary N) is 1. The van der Waals surface area contributed by atoms with Crippen LogP contribution >= 0.6 is 22.9 Å². The predicted octanol–water partition coefficient (Wildman–Crippen LogP) is 3.99. The summed E-state index contributed by atoms with van der Waals surface area (Å²) in [6.07, 6.45) is 2.35. The van der Waals surface area contributed by atoms with Crippen LogP contribution in [0.3, 0.4) is 0 Å². The molecule has 4 heteroatoms. The smallest absolute Gasteiger partial charge is 0.263 e. The van der Waals surface area contributed by atoms with Crippen molar-refractivity contribution >= 4 is 22.9 Å². The summed E-state index contributed by atoms with van der Waals surface area (Å²) < 4.78 is 27.7. The molecule has 0 aliphatic heterocycles. The molecule has 1 N–H and O–H groups in total. The topological polar surface area (TPSA) is 12.0 Å². The minimum atomic E-state index is -2.41. The highest BCUT2D eigenvalue weighted by Gasteiger charge is 2.08. The molecule has 0 atom stereocenters. The van der Waals surface area contributed by atoms with E-state index in [9.17, 15) is 8.78 Å². The average Bonchev–Trinajstić information content (AvgIpc) is 2.15. The molecule has 14 heavy (non-hydrogen) atoms. The molecule has 0 fully saturated rings. The molecule has 0 heterocycles. The molecule has 0 aromatic heterocycles. The Morgan fingerprint density at radius 1 is 1.29 bits per heavy atom. The van der Waals surface area contributed by atoms with Gasteiger partial charge in [-0.15, -0.1) is 0 Å². The summed E-state index contributed by atoms with van der Waals surface area (Å²) >= 11 is 1.97. The first-order chi connectivity index (χ1) is 6.56. The highest BCUT2D eigenvalue weighted by atomic mass is 127. The zero-order valence-electron chi connectivity index (χ0n) is 8.44. The van der Waals surface area contributed by atoms with Crippen molar-refractivity contribution < 1.29 is 8.78 Å². The fourth-order valence-corrected chi connectivity index (χ4v) is 1.69. The Balaban J connectivity index is 4.82. The largest absolute Gasteiger partial charge is 0.328 e. The van der Waals surface area contributed by atoms with Crippen LogP contribution < -0.4 is 3.53 Å². The first-order valence-corrected chi connectivity index (χ1v) is 5.30. The molecule has 0 amide bonds. The molecule has 0 aliphatic carbocycles. The van der Waals surface area contributed by atoms with Crippen LogP contribution in [0.2, 0.25) is 0 Å². The summed E-state index contributed by atoms with van der Waals surface area (Å²) in [7, 11) is 0. The molecule has 0 aromatic carbocycles. The van der Waals surface area contributed by atoms with Crippen molar-refractivity contribution in [2.75, 3.05) is 0 Å². The second-order valence-electron chi connectivity index (χ2n) is 2.71. The minimum absolute atomic E-state index is 0.0495. The van der Waals surface area contributed by atoms with Gasteiger partial charge in [0.25, 0.3) is 6.43 Å². The molecule has 0 saturated heterocycles. The van der Waals surface area contributed by atoms with Crippen molar-refractivity contribution in [1.82, 2.24) is 3.53 Å². The van der Waals surface area contributed by atoms with Crippen molar-refractivity contribution in [3.05, 3.63) is 35.1 Å². The van der Waals surface area contributed by atoms with Gasteiger partial charge in [0.2, 0.25) is 0 Å². The minimum Gasteiger partial charge on any atom is -0.328 e. The summed E-state index contributed by atoms with van der Waals surface area (Å²) in [6, 6.07) is 0. The van der Waals surface area contributed by atoms with E-state index >= 15 is 0 Å². The van der Waals surface area contributed by atoms with E-state index in [1.165, 1.54) is 12.2 Å². The maximum Gasteiger partial charge on any atom is 0.263 e. The lowest BCUT2D eigenvalue weighted by molar-refractivity contribution is 0.194. The monoisotopic (exact) mass is 313 g/mol. The van der Waals surface area contributed by atoms with Crippen molar-refractivity contribution in [1.29, 1.82) is 0 Å². The molecule has 0 spiro atoms. The SMILES string of the molecule is C/C=C(/C=C(C)\C(=C/C)NI)C(F)F. The lowest BCUT2D eigenvalue weighted by Gasteiger charge is -2.06. The van der Waals surface area contributed by atoms with E-state index in [1.54, 1.807) is 13.8 Å². The van der Waals surface area contributed by atoms with Gasteiger partial charge in [0.15, 0.2) is 0 Å². The Hall–Kier alpha value is -0.390. The van der Waals surface area contributed by atoms with E-state index in [0.717, 1.165) is 11.3 Å². The quantitative estimate of drug-likeness (QED) is 0.470. The van der Waals surface area contributed by atoms with Crippen LogP contribution in [0.25, 0.3) is 0 Å².